The van der Waals surface area contributed by atoms with Gasteiger partial charge in [-0.05, 0) is 19.2 Å². The second-order valence-electron chi connectivity index (χ2n) is 4.49. The Balaban J connectivity index is 0.00000400. The monoisotopic (exact) mass is 333 g/mol. The number of hydrogen-bond donors (Lipinski definition) is 3. The maximum absolute atomic E-state index is 11.8. The maximum atomic E-state index is 11.8. The fourth-order valence-corrected chi connectivity index (χ4v) is 1.90. The molecule has 0 aromatic heterocycles. The number of benzene rings is 1. The van der Waals surface area contributed by atoms with Gasteiger partial charge in [0.1, 0.15) is 0 Å². The highest BCUT2D eigenvalue weighted by Crippen LogP contribution is 2.14. The molecule has 1 unspecified atom stereocenters. The molecular formula is C14H21Cl2N3O2. The zero-order valence-electron chi connectivity index (χ0n) is 12.1. The van der Waals surface area contributed by atoms with Crippen LogP contribution >= 0.6 is 24.0 Å². The van der Waals surface area contributed by atoms with E-state index in [0.29, 0.717) is 30.2 Å². The average Bonchev–Trinajstić information content (AvgIpc) is 2.43. The first-order valence-corrected chi connectivity index (χ1v) is 6.89. The topological polar surface area (TPSA) is 70.2 Å². The summed E-state index contributed by atoms with van der Waals surface area (Å²) in [5.41, 5.74) is 0.434. The van der Waals surface area contributed by atoms with Gasteiger partial charge in [-0.1, -0.05) is 30.7 Å². The molecule has 0 heterocycles. The van der Waals surface area contributed by atoms with Crippen LogP contribution in [0.2, 0.25) is 5.02 Å². The zero-order chi connectivity index (χ0) is 15.0. The van der Waals surface area contributed by atoms with Gasteiger partial charge < -0.3 is 16.0 Å². The largest absolute Gasteiger partial charge is 0.354 e. The molecule has 118 valence electrons. The number of nitrogens with one attached hydrogen (secondary N) is 3. The number of rotatable bonds is 7. The Bertz CT molecular complexity index is 469. The molecule has 0 fully saturated rings. The van der Waals surface area contributed by atoms with Gasteiger partial charge in [-0.25, -0.2) is 0 Å². The average molecular weight is 334 g/mol. The van der Waals surface area contributed by atoms with Crippen molar-refractivity contribution in [3.8, 4) is 0 Å². The second kappa shape index (κ2) is 10.4. The van der Waals surface area contributed by atoms with E-state index < -0.39 is 0 Å². The van der Waals surface area contributed by atoms with Gasteiger partial charge in [0.2, 0.25) is 5.91 Å². The van der Waals surface area contributed by atoms with E-state index in [1.54, 1.807) is 31.3 Å². The lowest BCUT2D eigenvalue weighted by Crippen LogP contribution is -2.39. The summed E-state index contributed by atoms with van der Waals surface area (Å²) in [6.07, 6.45) is 0. The molecular weight excluding hydrogens is 313 g/mol. The van der Waals surface area contributed by atoms with Gasteiger partial charge in [0.25, 0.3) is 5.91 Å². The number of halogens is 2. The summed E-state index contributed by atoms with van der Waals surface area (Å²) in [5.74, 6) is -0.376. The van der Waals surface area contributed by atoms with E-state index in [2.05, 4.69) is 16.0 Å². The molecule has 1 atom stereocenters. The molecule has 2 amide bonds. The molecule has 0 aliphatic carbocycles. The highest BCUT2D eigenvalue weighted by atomic mass is 35.5. The molecule has 0 aliphatic rings. The van der Waals surface area contributed by atoms with Crippen LogP contribution < -0.4 is 16.0 Å². The molecule has 0 radical (unpaired) electrons. The molecule has 0 spiro atoms. The van der Waals surface area contributed by atoms with Crippen molar-refractivity contribution in [3.05, 3.63) is 34.9 Å². The van der Waals surface area contributed by atoms with Gasteiger partial charge in [0.15, 0.2) is 0 Å². The van der Waals surface area contributed by atoms with Gasteiger partial charge in [-0.3, -0.25) is 9.59 Å². The molecule has 7 heteroatoms. The number of amides is 2. The van der Waals surface area contributed by atoms with Gasteiger partial charge in [-0.2, -0.15) is 0 Å². The summed E-state index contributed by atoms with van der Waals surface area (Å²) < 4.78 is 0. The third-order valence-corrected chi connectivity index (χ3v) is 3.12. The minimum absolute atomic E-state index is 0. The van der Waals surface area contributed by atoms with Crippen molar-refractivity contribution in [2.45, 2.75) is 6.92 Å². The Labute approximate surface area is 136 Å². The lowest BCUT2D eigenvalue weighted by Gasteiger charge is -2.12. The van der Waals surface area contributed by atoms with Crippen LogP contribution in [0, 0.1) is 5.92 Å². The third-order valence-electron chi connectivity index (χ3n) is 2.79. The predicted molar refractivity (Wildman–Crippen MR) is 87.1 cm³/mol. The van der Waals surface area contributed by atoms with Gasteiger partial charge in [0.05, 0.1) is 10.6 Å². The SMILES string of the molecule is CNCC(C)C(=O)NCCNC(=O)c1ccccc1Cl.Cl. The molecule has 1 aromatic rings. The molecule has 0 bridgehead atoms. The van der Waals surface area contributed by atoms with Crippen LogP contribution in [0.4, 0.5) is 0 Å². The van der Waals surface area contributed by atoms with E-state index in [0.717, 1.165) is 0 Å². The van der Waals surface area contributed by atoms with Crippen LogP contribution in [0.15, 0.2) is 24.3 Å². The summed E-state index contributed by atoms with van der Waals surface area (Å²) >= 11 is 5.92. The Morgan fingerprint density at radius 1 is 1.19 bits per heavy atom. The van der Waals surface area contributed by atoms with E-state index in [4.69, 9.17) is 11.6 Å². The highest BCUT2D eigenvalue weighted by Gasteiger charge is 2.11. The van der Waals surface area contributed by atoms with Gasteiger partial charge in [0, 0.05) is 25.6 Å². The minimum atomic E-state index is -0.242. The first kappa shape index (κ1) is 19.7. The van der Waals surface area contributed by atoms with Crippen molar-refractivity contribution in [2.24, 2.45) is 5.92 Å². The summed E-state index contributed by atoms with van der Waals surface area (Å²) in [7, 11) is 1.80. The molecule has 21 heavy (non-hydrogen) atoms. The number of hydrogen-bond acceptors (Lipinski definition) is 3. The normalized spacial score (nSPS) is 11.2. The smallest absolute Gasteiger partial charge is 0.252 e. The fourth-order valence-electron chi connectivity index (χ4n) is 1.68. The summed E-state index contributed by atoms with van der Waals surface area (Å²) in [6, 6.07) is 6.84. The Hall–Kier alpha value is -1.30. The van der Waals surface area contributed by atoms with Crippen LogP contribution in [0.25, 0.3) is 0 Å². The summed E-state index contributed by atoms with van der Waals surface area (Å²) in [4.78, 5) is 23.4. The van der Waals surface area contributed by atoms with E-state index in [-0.39, 0.29) is 30.1 Å². The molecule has 1 rings (SSSR count). The number of carbonyl (C=O) groups excluding carboxylic acids is 2. The Morgan fingerprint density at radius 3 is 2.43 bits per heavy atom. The summed E-state index contributed by atoms with van der Waals surface area (Å²) in [5, 5.41) is 8.83. The molecule has 0 aliphatic heterocycles. The van der Waals surface area contributed by atoms with Crippen molar-refractivity contribution >= 4 is 35.8 Å². The van der Waals surface area contributed by atoms with E-state index >= 15 is 0 Å². The van der Waals surface area contributed by atoms with Crippen molar-refractivity contribution in [3.63, 3.8) is 0 Å². The lowest BCUT2D eigenvalue weighted by molar-refractivity contribution is -0.124. The van der Waals surface area contributed by atoms with Crippen LogP contribution in [0.1, 0.15) is 17.3 Å². The van der Waals surface area contributed by atoms with Gasteiger partial charge >= 0.3 is 0 Å². The third kappa shape index (κ3) is 6.80. The fraction of sp³-hybridized carbons (Fsp3) is 0.429. The van der Waals surface area contributed by atoms with Crippen LogP contribution in [-0.4, -0.2) is 38.5 Å². The van der Waals surface area contributed by atoms with Crippen molar-refractivity contribution in [1.82, 2.24) is 16.0 Å². The first-order chi connectivity index (χ1) is 9.56. The molecule has 0 saturated heterocycles. The molecule has 3 N–H and O–H groups in total. The molecule has 5 nitrogen and oxygen atoms in total. The second-order valence-corrected chi connectivity index (χ2v) is 4.89. The summed E-state index contributed by atoms with van der Waals surface area (Å²) in [6.45, 7) is 3.22. The maximum Gasteiger partial charge on any atom is 0.252 e. The van der Waals surface area contributed by atoms with E-state index in [1.165, 1.54) is 0 Å². The van der Waals surface area contributed by atoms with Crippen LogP contribution in [-0.2, 0) is 4.79 Å². The van der Waals surface area contributed by atoms with Crippen molar-refractivity contribution < 1.29 is 9.59 Å². The predicted octanol–water partition coefficient (Wildman–Crippen LogP) is 1.46. The Kier molecular flexibility index (Phi) is 9.78. The first-order valence-electron chi connectivity index (χ1n) is 6.51. The minimum Gasteiger partial charge on any atom is -0.354 e. The zero-order valence-corrected chi connectivity index (χ0v) is 13.7. The molecule has 1 aromatic carbocycles. The van der Waals surface area contributed by atoms with Crippen molar-refractivity contribution in [2.75, 3.05) is 26.7 Å². The van der Waals surface area contributed by atoms with E-state index in [1.807, 2.05) is 6.92 Å². The lowest BCUT2D eigenvalue weighted by atomic mass is 10.1. The highest BCUT2D eigenvalue weighted by molar-refractivity contribution is 6.33. The quantitative estimate of drug-likeness (QED) is 0.661. The van der Waals surface area contributed by atoms with Crippen LogP contribution in [0.3, 0.4) is 0 Å². The van der Waals surface area contributed by atoms with E-state index in [9.17, 15) is 9.59 Å². The van der Waals surface area contributed by atoms with Crippen molar-refractivity contribution in [1.29, 1.82) is 0 Å². The molecule has 0 saturated carbocycles. The Morgan fingerprint density at radius 2 is 1.81 bits per heavy atom. The number of carbonyl (C=O) groups is 2. The standard InChI is InChI=1S/C14H20ClN3O2.ClH/c1-10(9-16-2)13(19)17-7-8-18-14(20)11-5-3-4-6-12(11)15;/h3-6,10,16H,7-9H2,1-2H3,(H,17,19)(H,18,20);1H. The van der Waals surface area contributed by atoms with Crippen LogP contribution in [0.5, 0.6) is 0 Å². The van der Waals surface area contributed by atoms with Gasteiger partial charge in [-0.15, -0.1) is 12.4 Å².